The third-order valence-electron chi connectivity index (χ3n) is 1.51. The molecule has 1 aromatic rings. The molecular formula is C9H11ClN. The Morgan fingerprint density at radius 1 is 1.55 bits per heavy atom. The molecule has 0 heterocycles. The molecular weight excluding hydrogens is 158 g/mol. The fraction of sp³-hybridized carbons (Fsp3) is 0.333. The monoisotopic (exact) mass is 168 g/mol. The van der Waals surface area contributed by atoms with E-state index in [1.54, 1.807) is 6.07 Å². The first kappa shape index (κ1) is 8.57. The largest absolute Gasteiger partial charge is 0.322 e. The maximum absolute atomic E-state index is 5.85. The molecule has 0 amide bonds. The lowest BCUT2D eigenvalue weighted by molar-refractivity contribution is 0.554. The van der Waals surface area contributed by atoms with Gasteiger partial charge in [0.1, 0.15) is 0 Å². The molecule has 0 fully saturated rings. The van der Waals surface area contributed by atoms with Gasteiger partial charge in [-0.3, -0.25) is 0 Å². The zero-order valence-electron chi connectivity index (χ0n) is 6.69. The molecule has 0 aromatic heterocycles. The SMILES string of the molecule is CC(C)(N)c1cc[c]c(Cl)c1. The quantitative estimate of drug-likeness (QED) is 0.685. The fourth-order valence-corrected chi connectivity index (χ4v) is 1.02. The van der Waals surface area contributed by atoms with E-state index in [2.05, 4.69) is 6.07 Å². The minimum absolute atomic E-state index is 0.321. The summed E-state index contributed by atoms with van der Waals surface area (Å²) in [5.41, 5.74) is 6.56. The molecule has 0 unspecified atom stereocenters. The summed E-state index contributed by atoms with van der Waals surface area (Å²) >= 11 is 5.74. The van der Waals surface area contributed by atoms with Crippen LogP contribution >= 0.6 is 11.6 Å². The minimum Gasteiger partial charge on any atom is -0.322 e. The van der Waals surface area contributed by atoms with Crippen molar-refractivity contribution in [3.63, 3.8) is 0 Å². The van der Waals surface area contributed by atoms with Crippen LogP contribution in [0.2, 0.25) is 5.02 Å². The van der Waals surface area contributed by atoms with Crippen LogP contribution in [0.4, 0.5) is 0 Å². The van der Waals surface area contributed by atoms with Crippen LogP contribution < -0.4 is 5.73 Å². The Hall–Kier alpha value is -0.530. The smallest absolute Gasteiger partial charge is 0.0488 e. The second-order valence-corrected chi connectivity index (χ2v) is 3.55. The van der Waals surface area contributed by atoms with Gasteiger partial charge in [-0.05, 0) is 25.5 Å². The average molecular weight is 169 g/mol. The molecule has 1 radical (unpaired) electrons. The third-order valence-corrected chi connectivity index (χ3v) is 1.73. The number of rotatable bonds is 1. The maximum Gasteiger partial charge on any atom is 0.0488 e. The number of hydrogen-bond acceptors (Lipinski definition) is 1. The predicted molar refractivity (Wildman–Crippen MR) is 47.5 cm³/mol. The third kappa shape index (κ3) is 2.21. The van der Waals surface area contributed by atoms with Crippen LogP contribution in [0.15, 0.2) is 18.2 Å². The summed E-state index contributed by atoms with van der Waals surface area (Å²) in [6.45, 7) is 3.89. The Kier molecular flexibility index (Phi) is 2.21. The van der Waals surface area contributed by atoms with Crippen LogP contribution in [0.25, 0.3) is 0 Å². The van der Waals surface area contributed by atoms with E-state index in [4.69, 9.17) is 17.3 Å². The lowest BCUT2D eigenvalue weighted by atomic mass is 9.96. The molecule has 0 saturated heterocycles. The first-order valence-electron chi connectivity index (χ1n) is 3.47. The standard InChI is InChI=1S/C9H11ClN/c1-9(2,11)7-4-3-5-8(10)6-7/h3-4,6H,11H2,1-2H3. The molecule has 59 valence electrons. The van der Waals surface area contributed by atoms with Crippen LogP contribution in [-0.4, -0.2) is 0 Å². The average Bonchev–Trinajstić information content (AvgIpc) is 1.86. The van der Waals surface area contributed by atoms with Crippen LogP contribution in [0.3, 0.4) is 0 Å². The van der Waals surface area contributed by atoms with Gasteiger partial charge < -0.3 is 5.73 Å². The van der Waals surface area contributed by atoms with E-state index in [0.717, 1.165) is 5.56 Å². The zero-order chi connectivity index (χ0) is 8.48. The number of hydrogen-bond donors (Lipinski definition) is 1. The highest BCUT2D eigenvalue weighted by Crippen LogP contribution is 2.19. The number of nitrogens with two attached hydrogens (primary N) is 1. The van der Waals surface area contributed by atoms with Crippen molar-refractivity contribution in [1.82, 2.24) is 0 Å². The van der Waals surface area contributed by atoms with Gasteiger partial charge in [-0.25, -0.2) is 0 Å². The molecule has 1 aromatic carbocycles. The molecule has 2 heteroatoms. The summed E-state index contributed by atoms with van der Waals surface area (Å²) in [5, 5.41) is 0.612. The van der Waals surface area contributed by atoms with Gasteiger partial charge in [-0.2, -0.15) is 0 Å². The molecule has 1 rings (SSSR count). The second kappa shape index (κ2) is 2.84. The summed E-state index contributed by atoms with van der Waals surface area (Å²) in [6.07, 6.45) is 0. The topological polar surface area (TPSA) is 26.0 Å². The Morgan fingerprint density at radius 2 is 2.18 bits per heavy atom. The Labute approximate surface area is 72.2 Å². The van der Waals surface area contributed by atoms with E-state index in [9.17, 15) is 0 Å². The summed E-state index contributed by atoms with van der Waals surface area (Å²) in [4.78, 5) is 0. The number of benzene rings is 1. The van der Waals surface area contributed by atoms with Gasteiger partial charge in [0, 0.05) is 16.6 Å². The van der Waals surface area contributed by atoms with E-state index in [1.165, 1.54) is 0 Å². The second-order valence-electron chi connectivity index (χ2n) is 3.15. The van der Waals surface area contributed by atoms with E-state index >= 15 is 0 Å². The molecule has 0 aliphatic carbocycles. The Bertz CT molecular complexity index is 250. The van der Waals surface area contributed by atoms with Gasteiger partial charge in [0.2, 0.25) is 0 Å². The normalized spacial score (nSPS) is 11.6. The lowest BCUT2D eigenvalue weighted by Crippen LogP contribution is -2.28. The molecule has 0 atom stereocenters. The first-order chi connectivity index (χ1) is 5.00. The molecule has 1 nitrogen and oxygen atoms in total. The first-order valence-corrected chi connectivity index (χ1v) is 3.84. The molecule has 2 N–H and O–H groups in total. The molecule has 0 aliphatic rings. The van der Waals surface area contributed by atoms with Crippen molar-refractivity contribution in [3.8, 4) is 0 Å². The molecule has 0 saturated carbocycles. The highest BCUT2D eigenvalue weighted by Gasteiger charge is 2.13. The van der Waals surface area contributed by atoms with E-state index in [0.29, 0.717) is 5.02 Å². The van der Waals surface area contributed by atoms with Crippen molar-refractivity contribution in [3.05, 3.63) is 34.9 Å². The van der Waals surface area contributed by atoms with Gasteiger partial charge in [0.15, 0.2) is 0 Å². The van der Waals surface area contributed by atoms with Crippen molar-refractivity contribution < 1.29 is 0 Å². The van der Waals surface area contributed by atoms with Crippen molar-refractivity contribution in [2.75, 3.05) is 0 Å². The fourth-order valence-electron chi connectivity index (χ4n) is 0.838. The molecule has 0 bridgehead atoms. The summed E-state index contributed by atoms with van der Waals surface area (Å²) in [5.74, 6) is 0. The summed E-state index contributed by atoms with van der Waals surface area (Å²) in [7, 11) is 0. The van der Waals surface area contributed by atoms with Gasteiger partial charge in [0.25, 0.3) is 0 Å². The van der Waals surface area contributed by atoms with Gasteiger partial charge in [-0.15, -0.1) is 0 Å². The van der Waals surface area contributed by atoms with E-state index in [-0.39, 0.29) is 5.54 Å². The van der Waals surface area contributed by atoms with Gasteiger partial charge in [-0.1, -0.05) is 23.7 Å². The number of halogens is 1. The lowest BCUT2D eigenvalue weighted by Gasteiger charge is -2.18. The maximum atomic E-state index is 5.85. The molecule has 0 aliphatic heterocycles. The Balaban J connectivity index is 3.06. The van der Waals surface area contributed by atoms with E-state index < -0.39 is 0 Å². The summed E-state index contributed by atoms with van der Waals surface area (Å²) in [6, 6.07) is 8.40. The Morgan fingerprint density at radius 3 is 2.55 bits per heavy atom. The highest BCUT2D eigenvalue weighted by atomic mass is 35.5. The zero-order valence-corrected chi connectivity index (χ0v) is 7.44. The van der Waals surface area contributed by atoms with Crippen molar-refractivity contribution in [1.29, 1.82) is 0 Å². The van der Waals surface area contributed by atoms with E-state index in [1.807, 2.05) is 26.0 Å². The van der Waals surface area contributed by atoms with Crippen LogP contribution in [-0.2, 0) is 5.54 Å². The van der Waals surface area contributed by atoms with Crippen molar-refractivity contribution in [2.45, 2.75) is 19.4 Å². The van der Waals surface area contributed by atoms with Crippen molar-refractivity contribution in [2.24, 2.45) is 5.73 Å². The van der Waals surface area contributed by atoms with Crippen LogP contribution in [0.1, 0.15) is 19.4 Å². The molecule has 11 heavy (non-hydrogen) atoms. The van der Waals surface area contributed by atoms with Crippen LogP contribution in [0, 0.1) is 6.07 Å². The predicted octanol–water partition coefficient (Wildman–Crippen LogP) is 2.33. The summed E-state index contributed by atoms with van der Waals surface area (Å²) < 4.78 is 0. The molecule has 0 spiro atoms. The highest BCUT2D eigenvalue weighted by molar-refractivity contribution is 6.30. The van der Waals surface area contributed by atoms with Crippen LogP contribution in [0.5, 0.6) is 0 Å². The van der Waals surface area contributed by atoms with Gasteiger partial charge >= 0.3 is 0 Å². The van der Waals surface area contributed by atoms with Crippen molar-refractivity contribution >= 4 is 11.6 Å². The van der Waals surface area contributed by atoms with Gasteiger partial charge in [0.05, 0.1) is 0 Å². The minimum atomic E-state index is -0.321.